The van der Waals surface area contributed by atoms with E-state index in [4.69, 9.17) is 4.42 Å². The highest BCUT2D eigenvalue weighted by Gasteiger charge is 2.23. The van der Waals surface area contributed by atoms with Gasteiger partial charge < -0.3 is 4.42 Å². The smallest absolute Gasteiger partial charge is 0.198 e. The second kappa shape index (κ2) is 3.62. The van der Waals surface area contributed by atoms with Crippen molar-refractivity contribution in [3.8, 4) is 0 Å². The first-order valence-corrected chi connectivity index (χ1v) is 5.18. The van der Waals surface area contributed by atoms with Crippen LogP contribution in [0.5, 0.6) is 0 Å². The molecule has 1 heterocycles. The van der Waals surface area contributed by atoms with E-state index in [0.29, 0.717) is 29.2 Å². The van der Waals surface area contributed by atoms with Gasteiger partial charge in [-0.1, -0.05) is 0 Å². The third-order valence-electron chi connectivity index (χ3n) is 2.39. The fourth-order valence-corrected chi connectivity index (χ4v) is 1.91. The molecule has 3 nitrogen and oxygen atoms in total. The molecular weight excluding hydrogens is 234 g/mol. The molecule has 0 saturated heterocycles. The third kappa shape index (κ3) is 1.99. The number of rotatable bonds is 1. The molecule has 0 radical (unpaired) electrons. The number of hydrogen-bond donors (Lipinski definition) is 0. The summed E-state index contributed by atoms with van der Waals surface area (Å²) >= 11 is 3.21. The van der Waals surface area contributed by atoms with Crippen molar-refractivity contribution < 1.29 is 9.21 Å². The maximum absolute atomic E-state index is 11.0. The van der Waals surface area contributed by atoms with E-state index in [1.807, 2.05) is 0 Å². The van der Waals surface area contributed by atoms with E-state index < -0.39 is 0 Å². The highest BCUT2D eigenvalue weighted by Crippen LogP contribution is 2.31. The molecule has 0 N–H and O–H groups in total. The summed E-state index contributed by atoms with van der Waals surface area (Å²) in [6.45, 7) is 0. The van der Waals surface area contributed by atoms with E-state index in [-0.39, 0.29) is 0 Å². The van der Waals surface area contributed by atoms with Gasteiger partial charge in [0.1, 0.15) is 5.78 Å². The summed E-state index contributed by atoms with van der Waals surface area (Å²) in [5, 5.41) is 0. The highest BCUT2D eigenvalue weighted by molar-refractivity contribution is 9.10. The number of aromatic nitrogens is 1. The quantitative estimate of drug-likeness (QED) is 0.762. The van der Waals surface area contributed by atoms with E-state index in [9.17, 15) is 4.79 Å². The molecule has 1 aromatic heterocycles. The standard InChI is InChI=1S/C9H10BrNO2/c10-8-5-11-9(13-8)6-1-3-7(12)4-2-6/h5-6H,1-4H2. The summed E-state index contributed by atoms with van der Waals surface area (Å²) in [6.07, 6.45) is 4.76. The van der Waals surface area contributed by atoms with Gasteiger partial charge in [-0.2, -0.15) is 0 Å². The minimum atomic E-state index is 0.337. The maximum atomic E-state index is 11.0. The molecule has 1 fully saturated rings. The Balaban J connectivity index is 2.06. The summed E-state index contributed by atoms with van der Waals surface area (Å²) in [6, 6.07) is 0. The van der Waals surface area contributed by atoms with E-state index >= 15 is 0 Å². The SMILES string of the molecule is O=C1CCC(c2ncc(Br)o2)CC1. The van der Waals surface area contributed by atoms with Gasteiger partial charge in [0.15, 0.2) is 10.6 Å². The Morgan fingerprint density at radius 1 is 1.46 bits per heavy atom. The number of nitrogens with zero attached hydrogens (tertiary/aromatic N) is 1. The van der Waals surface area contributed by atoms with Gasteiger partial charge in [0, 0.05) is 18.8 Å². The van der Waals surface area contributed by atoms with Crippen molar-refractivity contribution >= 4 is 21.7 Å². The third-order valence-corrected chi connectivity index (χ3v) is 2.75. The largest absolute Gasteiger partial charge is 0.434 e. The van der Waals surface area contributed by atoms with Crippen LogP contribution in [0.3, 0.4) is 0 Å². The molecule has 13 heavy (non-hydrogen) atoms. The maximum Gasteiger partial charge on any atom is 0.198 e. The Morgan fingerprint density at radius 2 is 2.15 bits per heavy atom. The molecule has 1 aromatic rings. The molecule has 0 atom stereocenters. The Kier molecular flexibility index (Phi) is 2.49. The first kappa shape index (κ1) is 8.94. The lowest BCUT2D eigenvalue weighted by molar-refractivity contribution is -0.120. The fourth-order valence-electron chi connectivity index (χ4n) is 1.64. The molecule has 1 aliphatic rings. The van der Waals surface area contributed by atoms with Crippen LogP contribution < -0.4 is 0 Å². The molecule has 0 aliphatic heterocycles. The van der Waals surface area contributed by atoms with Crippen LogP contribution in [-0.2, 0) is 4.79 Å². The van der Waals surface area contributed by atoms with Crippen molar-refractivity contribution in [2.75, 3.05) is 0 Å². The van der Waals surface area contributed by atoms with Crippen molar-refractivity contribution in [1.82, 2.24) is 4.98 Å². The van der Waals surface area contributed by atoms with Crippen LogP contribution in [0.1, 0.15) is 37.5 Å². The molecule has 0 bridgehead atoms. The summed E-state index contributed by atoms with van der Waals surface area (Å²) < 4.78 is 6.02. The van der Waals surface area contributed by atoms with Gasteiger partial charge in [0.2, 0.25) is 0 Å². The molecule has 0 amide bonds. The molecule has 0 unspecified atom stereocenters. The van der Waals surface area contributed by atoms with Gasteiger partial charge in [-0.25, -0.2) is 4.98 Å². The van der Waals surface area contributed by atoms with Crippen LogP contribution in [0.25, 0.3) is 0 Å². The van der Waals surface area contributed by atoms with Crippen molar-refractivity contribution in [2.45, 2.75) is 31.6 Å². The van der Waals surface area contributed by atoms with E-state index in [2.05, 4.69) is 20.9 Å². The molecule has 4 heteroatoms. The average Bonchev–Trinajstić information content (AvgIpc) is 2.53. The predicted molar refractivity (Wildman–Crippen MR) is 50.4 cm³/mol. The summed E-state index contributed by atoms with van der Waals surface area (Å²) in [4.78, 5) is 15.1. The van der Waals surface area contributed by atoms with Crippen LogP contribution in [0.4, 0.5) is 0 Å². The molecular formula is C9H10BrNO2. The van der Waals surface area contributed by atoms with Crippen molar-refractivity contribution in [2.24, 2.45) is 0 Å². The average molecular weight is 244 g/mol. The molecule has 1 saturated carbocycles. The zero-order valence-corrected chi connectivity index (χ0v) is 8.71. The molecule has 2 rings (SSSR count). The predicted octanol–water partition coefficient (Wildman–Crippen LogP) is 2.66. The number of carbonyl (C=O) groups is 1. The Bertz CT molecular complexity index is 311. The zero-order valence-electron chi connectivity index (χ0n) is 7.12. The van der Waals surface area contributed by atoms with Gasteiger partial charge in [0.25, 0.3) is 0 Å². The summed E-state index contributed by atoms with van der Waals surface area (Å²) in [5.41, 5.74) is 0. The zero-order chi connectivity index (χ0) is 9.26. The van der Waals surface area contributed by atoms with E-state index in [1.165, 1.54) is 0 Å². The monoisotopic (exact) mass is 243 g/mol. The normalized spacial score (nSPS) is 19.3. The van der Waals surface area contributed by atoms with Crippen molar-refractivity contribution in [3.05, 3.63) is 16.8 Å². The lowest BCUT2D eigenvalue weighted by Gasteiger charge is -2.17. The van der Waals surface area contributed by atoms with Gasteiger partial charge >= 0.3 is 0 Å². The Hall–Kier alpha value is -0.640. The van der Waals surface area contributed by atoms with Gasteiger partial charge in [-0.05, 0) is 28.8 Å². The Labute approximate surface area is 84.7 Å². The first-order chi connectivity index (χ1) is 6.25. The minimum Gasteiger partial charge on any atom is -0.434 e. The summed E-state index contributed by atoms with van der Waals surface area (Å²) in [5.74, 6) is 1.46. The van der Waals surface area contributed by atoms with Crippen LogP contribution >= 0.6 is 15.9 Å². The van der Waals surface area contributed by atoms with E-state index in [0.717, 1.165) is 18.7 Å². The van der Waals surface area contributed by atoms with Crippen LogP contribution in [0, 0.1) is 0 Å². The second-order valence-corrected chi connectivity index (χ2v) is 4.10. The molecule has 70 valence electrons. The molecule has 1 aliphatic carbocycles. The topological polar surface area (TPSA) is 43.1 Å². The number of ketones is 1. The van der Waals surface area contributed by atoms with Crippen LogP contribution in [-0.4, -0.2) is 10.8 Å². The first-order valence-electron chi connectivity index (χ1n) is 4.38. The van der Waals surface area contributed by atoms with E-state index in [1.54, 1.807) is 6.20 Å². The van der Waals surface area contributed by atoms with Gasteiger partial charge in [0.05, 0.1) is 6.20 Å². The van der Waals surface area contributed by atoms with Crippen molar-refractivity contribution in [1.29, 1.82) is 0 Å². The fraction of sp³-hybridized carbons (Fsp3) is 0.556. The lowest BCUT2D eigenvalue weighted by Crippen LogP contribution is -2.12. The number of hydrogen-bond acceptors (Lipinski definition) is 3. The number of carbonyl (C=O) groups excluding carboxylic acids is 1. The highest BCUT2D eigenvalue weighted by atomic mass is 79.9. The number of oxazole rings is 1. The van der Waals surface area contributed by atoms with Gasteiger partial charge in [-0.3, -0.25) is 4.79 Å². The second-order valence-electron chi connectivity index (χ2n) is 3.32. The lowest BCUT2D eigenvalue weighted by atomic mass is 9.88. The van der Waals surface area contributed by atoms with Crippen LogP contribution in [0.15, 0.2) is 15.3 Å². The minimum absolute atomic E-state index is 0.337. The van der Waals surface area contributed by atoms with Crippen LogP contribution in [0.2, 0.25) is 0 Å². The summed E-state index contributed by atoms with van der Waals surface area (Å²) in [7, 11) is 0. The number of halogens is 1. The van der Waals surface area contributed by atoms with Crippen molar-refractivity contribution in [3.63, 3.8) is 0 Å². The molecule has 0 spiro atoms. The molecule has 0 aromatic carbocycles. The van der Waals surface area contributed by atoms with Gasteiger partial charge in [-0.15, -0.1) is 0 Å². The number of Topliss-reactive ketones (excluding diaryl/α,β-unsaturated/α-hetero) is 1. The Morgan fingerprint density at radius 3 is 2.69 bits per heavy atom.